The molecule has 14 heavy (non-hydrogen) atoms. The van der Waals surface area contributed by atoms with Gasteiger partial charge >= 0.3 is 0 Å². The number of hydrogen-bond donors (Lipinski definition) is 1. The largest absolute Gasteiger partial charge is 0.388 e. The molecule has 1 nitrogen and oxygen atoms in total. The Kier molecular flexibility index (Phi) is 2.53. The molecule has 2 rings (SSSR count). The lowest BCUT2D eigenvalue weighted by atomic mass is 10.0. The quantitative estimate of drug-likeness (QED) is 0.757. The summed E-state index contributed by atoms with van der Waals surface area (Å²) in [7, 11) is 0. The molecule has 74 valence electrons. The maximum atomic E-state index is 12.6. The van der Waals surface area contributed by atoms with Gasteiger partial charge < -0.3 is 5.32 Å². The zero-order chi connectivity index (χ0) is 9.97. The SMILES string of the molecule is CC1=CC(Cc2ccc(F)cc2)CN1. The van der Waals surface area contributed by atoms with E-state index >= 15 is 0 Å². The van der Waals surface area contributed by atoms with Gasteiger partial charge in [0.05, 0.1) is 0 Å². The fourth-order valence-corrected chi connectivity index (χ4v) is 1.82. The number of hydrogen-bond acceptors (Lipinski definition) is 1. The molecule has 1 aliphatic heterocycles. The van der Waals surface area contributed by atoms with Gasteiger partial charge in [-0.15, -0.1) is 0 Å². The highest BCUT2D eigenvalue weighted by molar-refractivity contribution is 5.19. The van der Waals surface area contributed by atoms with Crippen LogP contribution in [0.3, 0.4) is 0 Å². The number of nitrogens with one attached hydrogen (secondary N) is 1. The Bertz CT molecular complexity index is 340. The van der Waals surface area contributed by atoms with Gasteiger partial charge in [0.15, 0.2) is 0 Å². The predicted octanol–water partition coefficient (Wildman–Crippen LogP) is 2.49. The Morgan fingerprint density at radius 3 is 2.64 bits per heavy atom. The van der Waals surface area contributed by atoms with Gasteiger partial charge in [-0.05, 0) is 31.0 Å². The van der Waals surface area contributed by atoms with Crippen molar-refractivity contribution in [2.45, 2.75) is 13.3 Å². The van der Waals surface area contributed by atoms with Crippen molar-refractivity contribution in [1.82, 2.24) is 5.32 Å². The van der Waals surface area contributed by atoms with E-state index in [1.54, 1.807) is 0 Å². The Morgan fingerprint density at radius 2 is 2.07 bits per heavy atom. The van der Waals surface area contributed by atoms with Crippen LogP contribution in [0.1, 0.15) is 12.5 Å². The normalized spacial score (nSPS) is 20.4. The van der Waals surface area contributed by atoms with Gasteiger partial charge in [-0.1, -0.05) is 18.2 Å². The molecule has 0 spiro atoms. The lowest BCUT2D eigenvalue weighted by Crippen LogP contribution is -2.12. The van der Waals surface area contributed by atoms with Gasteiger partial charge in [0.2, 0.25) is 0 Å². The van der Waals surface area contributed by atoms with Crippen molar-refractivity contribution < 1.29 is 4.39 Å². The molecule has 2 heteroatoms. The Morgan fingerprint density at radius 1 is 1.36 bits per heavy atom. The molecule has 1 atom stereocenters. The van der Waals surface area contributed by atoms with Crippen LogP contribution in [0.25, 0.3) is 0 Å². The third-order valence-electron chi connectivity index (χ3n) is 2.54. The molecule has 1 aromatic carbocycles. The molecular weight excluding hydrogens is 177 g/mol. The zero-order valence-corrected chi connectivity index (χ0v) is 8.26. The lowest BCUT2D eigenvalue weighted by Gasteiger charge is -2.06. The van der Waals surface area contributed by atoms with E-state index in [-0.39, 0.29) is 5.82 Å². The minimum Gasteiger partial charge on any atom is -0.388 e. The molecule has 0 radical (unpaired) electrons. The predicted molar refractivity (Wildman–Crippen MR) is 55.4 cm³/mol. The Hall–Kier alpha value is -1.31. The third kappa shape index (κ3) is 2.13. The lowest BCUT2D eigenvalue weighted by molar-refractivity contribution is 0.622. The Labute approximate surface area is 83.6 Å². The molecule has 1 N–H and O–H groups in total. The summed E-state index contributed by atoms with van der Waals surface area (Å²) in [6.45, 7) is 3.08. The van der Waals surface area contributed by atoms with Crippen LogP contribution >= 0.6 is 0 Å². The second-order valence-corrected chi connectivity index (χ2v) is 3.82. The van der Waals surface area contributed by atoms with E-state index in [0.29, 0.717) is 5.92 Å². The second-order valence-electron chi connectivity index (χ2n) is 3.82. The fraction of sp³-hybridized carbons (Fsp3) is 0.333. The van der Waals surface area contributed by atoms with Crippen molar-refractivity contribution in [3.05, 3.63) is 47.4 Å². The van der Waals surface area contributed by atoms with Crippen molar-refractivity contribution in [2.75, 3.05) is 6.54 Å². The van der Waals surface area contributed by atoms with Gasteiger partial charge in [-0.3, -0.25) is 0 Å². The average Bonchev–Trinajstić information content (AvgIpc) is 2.56. The van der Waals surface area contributed by atoms with Gasteiger partial charge in [0.1, 0.15) is 5.82 Å². The highest BCUT2D eigenvalue weighted by atomic mass is 19.1. The number of rotatable bonds is 2. The number of benzene rings is 1. The third-order valence-corrected chi connectivity index (χ3v) is 2.54. The van der Waals surface area contributed by atoms with Gasteiger partial charge in [-0.2, -0.15) is 0 Å². The molecule has 1 heterocycles. The van der Waals surface area contributed by atoms with Crippen LogP contribution in [0.2, 0.25) is 0 Å². The van der Waals surface area contributed by atoms with E-state index in [2.05, 4.69) is 18.3 Å². The summed E-state index contributed by atoms with van der Waals surface area (Å²) in [5, 5.41) is 3.29. The first-order chi connectivity index (χ1) is 6.74. The molecule has 0 fully saturated rings. The first-order valence-corrected chi connectivity index (χ1v) is 4.91. The van der Waals surface area contributed by atoms with E-state index in [4.69, 9.17) is 0 Å². The highest BCUT2D eigenvalue weighted by Gasteiger charge is 2.12. The van der Waals surface area contributed by atoms with Crippen molar-refractivity contribution in [1.29, 1.82) is 0 Å². The van der Waals surface area contributed by atoms with Gasteiger partial charge in [0.25, 0.3) is 0 Å². The minimum atomic E-state index is -0.162. The summed E-state index contributed by atoms with van der Waals surface area (Å²) >= 11 is 0. The maximum Gasteiger partial charge on any atom is 0.123 e. The second kappa shape index (κ2) is 3.82. The fourth-order valence-electron chi connectivity index (χ4n) is 1.82. The smallest absolute Gasteiger partial charge is 0.123 e. The van der Waals surface area contributed by atoms with Crippen LogP contribution in [0.4, 0.5) is 4.39 Å². The summed E-state index contributed by atoms with van der Waals surface area (Å²) in [4.78, 5) is 0. The van der Waals surface area contributed by atoms with Crippen molar-refractivity contribution in [2.24, 2.45) is 5.92 Å². The monoisotopic (exact) mass is 191 g/mol. The van der Waals surface area contributed by atoms with E-state index in [1.807, 2.05) is 12.1 Å². The van der Waals surface area contributed by atoms with E-state index in [1.165, 1.54) is 23.4 Å². The molecule has 0 bridgehead atoms. The molecule has 1 unspecified atom stereocenters. The van der Waals surface area contributed by atoms with Crippen molar-refractivity contribution >= 4 is 0 Å². The maximum absolute atomic E-state index is 12.6. The molecule has 0 aromatic heterocycles. The molecule has 0 amide bonds. The first-order valence-electron chi connectivity index (χ1n) is 4.91. The van der Waals surface area contributed by atoms with Gasteiger partial charge in [0, 0.05) is 18.2 Å². The van der Waals surface area contributed by atoms with Crippen LogP contribution in [0.5, 0.6) is 0 Å². The zero-order valence-electron chi connectivity index (χ0n) is 8.26. The van der Waals surface area contributed by atoms with E-state index < -0.39 is 0 Å². The van der Waals surface area contributed by atoms with Crippen LogP contribution in [-0.4, -0.2) is 6.54 Å². The van der Waals surface area contributed by atoms with Crippen LogP contribution < -0.4 is 5.32 Å². The minimum absolute atomic E-state index is 0.162. The summed E-state index contributed by atoms with van der Waals surface area (Å²) in [6, 6.07) is 6.76. The highest BCUT2D eigenvalue weighted by Crippen LogP contribution is 2.15. The number of halogens is 1. The Balaban J connectivity index is 2.01. The molecule has 0 saturated heterocycles. The summed E-state index contributed by atoms with van der Waals surface area (Å²) in [5.74, 6) is 0.394. The topological polar surface area (TPSA) is 12.0 Å². The van der Waals surface area contributed by atoms with Crippen LogP contribution in [-0.2, 0) is 6.42 Å². The average molecular weight is 191 g/mol. The molecule has 1 aliphatic rings. The van der Waals surface area contributed by atoms with Crippen LogP contribution in [0, 0.1) is 11.7 Å². The van der Waals surface area contributed by atoms with Crippen molar-refractivity contribution in [3.8, 4) is 0 Å². The summed E-state index contributed by atoms with van der Waals surface area (Å²) in [5.41, 5.74) is 2.45. The standard InChI is InChI=1S/C12H14FN/c1-9-6-11(8-14-9)7-10-2-4-12(13)5-3-10/h2-6,11,14H,7-8H2,1H3. The summed E-state index contributed by atoms with van der Waals surface area (Å²) < 4.78 is 12.6. The summed E-state index contributed by atoms with van der Waals surface area (Å²) in [6.07, 6.45) is 3.23. The van der Waals surface area contributed by atoms with Crippen LogP contribution in [0.15, 0.2) is 36.0 Å². The molecule has 1 aromatic rings. The van der Waals surface area contributed by atoms with Gasteiger partial charge in [-0.25, -0.2) is 4.39 Å². The van der Waals surface area contributed by atoms with E-state index in [0.717, 1.165) is 13.0 Å². The van der Waals surface area contributed by atoms with E-state index in [9.17, 15) is 4.39 Å². The molecular formula is C12H14FN. The van der Waals surface area contributed by atoms with Crippen molar-refractivity contribution in [3.63, 3.8) is 0 Å². The number of allylic oxidation sites excluding steroid dienone is 1. The molecule has 0 saturated carbocycles. The molecule has 0 aliphatic carbocycles. The first kappa shape index (κ1) is 9.25.